The van der Waals surface area contributed by atoms with Crippen molar-refractivity contribution in [3.8, 4) is 11.5 Å². The third kappa shape index (κ3) is 7.41. The fourth-order valence-corrected chi connectivity index (χ4v) is 3.88. The van der Waals surface area contributed by atoms with Crippen LogP contribution in [0.1, 0.15) is 55.4 Å². The molecule has 2 unspecified atom stereocenters. The van der Waals surface area contributed by atoms with Crippen molar-refractivity contribution in [1.29, 1.82) is 0 Å². The first-order chi connectivity index (χ1) is 15.7. The van der Waals surface area contributed by atoms with Crippen LogP contribution in [-0.2, 0) is 22.4 Å². The van der Waals surface area contributed by atoms with Gasteiger partial charge in [-0.1, -0.05) is 32.2 Å². The maximum absolute atomic E-state index is 11.6. The van der Waals surface area contributed by atoms with Gasteiger partial charge in [0.15, 0.2) is 0 Å². The summed E-state index contributed by atoms with van der Waals surface area (Å²) in [5, 5.41) is 20.2. The van der Waals surface area contributed by atoms with Crippen LogP contribution in [0.25, 0.3) is 0 Å². The predicted molar refractivity (Wildman–Crippen MR) is 127 cm³/mol. The minimum Gasteiger partial charge on any atom is -0.423 e. The molecule has 0 spiro atoms. The minimum atomic E-state index is -0.593. The molecule has 0 fully saturated rings. The molecule has 6 heteroatoms. The molecule has 0 bridgehead atoms. The van der Waals surface area contributed by atoms with Crippen molar-refractivity contribution < 1.29 is 29.3 Å². The lowest BCUT2D eigenvalue weighted by atomic mass is 9.81. The number of carbonyl (C=O) groups is 2. The maximum Gasteiger partial charge on any atom is 0.335 e. The first kappa shape index (κ1) is 26.0. The summed E-state index contributed by atoms with van der Waals surface area (Å²) in [5.41, 5.74) is 3.69. The Bertz CT molecular complexity index is 926. The van der Waals surface area contributed by atoms with E-state index in [-0.39, 0.29) is 5.92 Å². The summed E-state index contributed by atoms with van der Waals surface area (Å²) >= 11 is 0. The largest absolute Gasteiger partial charge is 0.423 e. The van der Waals surface area contributed by atoms with Crippen LogP contribution in [0.15, 0.2) is 61.7 Å². The SMILES string of the molecule is C=CC(=O)Oc1ccc(C(CC)c2ccc(OC(=O)C=C)cc2CC(C)O)c(CC(C)O)c1. The number of hydrogen-bond donors (Lipinski definition) is 2. The molecule has 2 N–H and O–H groups in total. The lowest BCUT2D eigenvalue weighted by Crippen LogP contribution is -2.14. The Labute approximate surface area is 195 Å². The van der Waals surface area contributed by atoms with Gasteiger partial charge < -0.3 is 19.7 Å². The standard InChI is InChI=1S/C27H32O6/c1-6-23(24-11-9-21(32-26(30)7-2)15-19(24)13-17(4)28)25-12-10-22(33-27(31)8-3)16-20(25)14-18(5)29/h7-12,15-18,23,28-29H,2-3,6,13-14H2,1,4-5H3. The number of carbonyl (C=O) groups excluding carboxylic acids is 2. The van der Waals surface area contributed by atoms with E-state index < -0.39 is 24.1 Å². The zero-order valence-electron chi connectivity index (χ0n) is 19.4. The molecular formula is C27H32O6. The average Bonchev–Trinajstić information content (AvgIpc) is 2.75. The van der Waals surface area contributed by atoms with Gasteiger partial charge in [-0.3, -0.25) is 0 Å². The summed E-state index contributed by atoms with van der Waals surface area (Å²) in [5.74, 6) is -0.403. The molecule has 0 aromatic heterocycles. The van der Waals surface area contributed by atoms with Gasteiger partial charge in [0.25, 0.3) is 0 Å². The second-order valence-electron chi connectivity index (χ2n) is 8.04. The predicted octanol–water partition coefficient (Wildman–Crippen LogP) is 4.26. The molecule has 2 rings (SSSR count). The van der Waals surface area contributed by atoms with Gasteiger partial charge in [-0.15, -0.1) is 0 Å². The molecule has 33 heavy (non-hydrogen) atoms. The number of aliphatic hydroxyl groups is 2. The highest BCUT2D eigenvalue weighted by Crippen LogP contribution is 2.36. The second-order valence-corrected chi connectivity index (χ2v) is 8.04. The Morgan fingerprint density at radius 3 is 1.55 bits per heavy atom. The van der Waals surface area contributed by atoms with Gasteiger partial charge in [-0.25, -0.2) is 9.59 Å². The number of aliphatic hydroxyl groups excluding tert-OH is 2. The van der Waals surface area contributed by atoms with Crippen molar-refractivity contribution in [2.75, 3.05) is 0 Å². The van der Waals surface area contributed by atoms with Crippen LogP contribution in [0.2, 0.25) is 0 Å². The molecule has 0 radical (unpaired) electrons. The van der Waals surface area contributed by atoms with E-state index in [0.29, 0.717) is 24.3 Å². The normalized spacial score (nSPS) is 13.5. The molecule has 2 aromatic rings. The lowest BCUT2D eigenvalue weighted by Gasteiger charge is -2.24. The zero-order chi connectivity index (χ0) is 24.5. The molecule has 0 aliphatic carbocycles. The summed E-state index contributed by atoms with van der Waals surface area (Å²) in [6.45, 7) is 12.3. The van der Waals surface area contributed by atoms with Crippen molar-refractivity contribution >= 4 is 11.9 Å². The summed E-state index contributed by atoms with van der Waals surface area (Å²) in [4.78, 5) is 23.3. The smallest absolute Gasteiger partial charge is 0.335 e. The Morgan fingerprint density at radius 2 is 1.24 bits per heavy atom. The van der Waals surface area contributed by atoms with Crippen molar-refractivity contribution in [1.82, 2.24) is 0 Å². The van der Waals surface area contributed by atoms with Crippen LogP contribution in [0.3, 0.4) is 0 Å². The van der Waals surface area contributed by atoms with Crippen LogP contribution in [0.4, 0.5) is 0 Å². The maximum atomic E-state index is 11.6. The molecule has 176 valence electrons. The first-order valence-electron chi connectivity index (χ1n) is 11.0. The molecule has 0 heterocycles. The summed E-state index contributed by atoms with van der Waals surface area (Å²) in [6, 6.07) is 10.8. The van der Waals surface area contributed by atoms with Crippen molar-refractivity contribution in [2.45, 2.75) is 58.2 Å². The highest BCUT2D eigenvalue weighted by molar-refractivity contribution is 5.83. The van der Waals surface area contributed by atoms with Crippen molar-refractivity contribution in [3.63, 3.8) is 0 Å². The van der Waals surface area contributed by atoms with Crippen LogP contribution >= 0.6 is 0 Å². The van der Waals surface area contributed by atoms with Gasteiger partial charge >= 0.3 is 11.9 Å². The Hall–Kier alpha value is -3.22. The molecular weight excluding hydrogens is 420 g/mol. The topological polar surface area (TPSA) is 93.1 Å². The van der Waals surface area contributed by atoms with E-state index in [9.17, 15) is 19.8 Å². The third-order valence-electron chi connectivity index (χ3n) is 5.19. The van der Waals surface area contributed by atoms with E-state index in [0.717, 1.165) is 40.8 Å². The van der Waals surface area contributed by atoms with Crippen molar-refractivity contribution in [3.05, 3.63) is 84.0 Å². The Morgan fingerprint density at radius 1 is 0.848 bits per heavy atom. The summed E-state index contributed by atoms with van der Waals surface area (Å²) < 4.78 is 10.5. The van der Waals surface area contributed by atoms with Gasteiger partial charge in [0.05, 0.1) is 12.2 Å². The van der Waals surface area contributed by atoms with Crippen LogP contribution in [-0.4, -0.2) is 34.4 Å². The molecule has 0 saturated heterocycles. The van der Waals surface area contributed by atoms with E-state index >= 15 is 0 Å². The summed E-state index contributed by atoms with van der Waals surface area (Å²) in [7, 11) is 0. The number of ether oxygens (including phenoxy) is 2. The van der Waals surface area contributed by atoms with Crippen molar-refractivity contribution in [2.24, 2.45) is 0 Å². The number of benzene rings is 2. The molecule has 0 aliphatic heterocycles. The van der Waals surface area contributed by atoms with E-state index in [1.807, 2.05) is 12.1 Å². The summed E-state index contributed by atoms with van der Waals surface area (Å²) in [6.07, 6.45) is 2.52. The van der Waals surface area contributed by atoms with Gasteiger partial charge in [0.1, 0.15) is 11.5 Å². The molecule has 6 nitrogen and oxygen atoms in total. The monoisotopic (exact) mass is 452 g/mol. The molecule has 0 aliphatic rings. The Balaban J connectivity index is 2.56. The highest BCUT2D eigenvalue weighted by atomic mass is 16.5. The minimum absolute atomic E-state index is 0.0548. The van der Waals surface area contributed by atoms with Crippen LogP contribution in [0.5, 0.6) is 11.5 Å². The van der Waals surface area contributed by atoms with Crippen LogP contribution in [0, 0.1) is 0 Å². The lowest BCUT2D eigenvalue weighted by molar-refractivity contribution is -0.129. The fraction of sp³-hybridized carbons (Fsp3) is 0.333. The van der Waals surface area contributed by atoms with Gasteiger partial charge in [-0.05, 0) is 79.6 Å². The Kier molecular flexibility index (Phi) is 9.57. The fourth-order valence-electron chi connectivity index (χ4n) is 3.88. The molecule has 0 saturated carbocycles. The quantitative estimate of drug-likeness (QED) is 0.301. The first-order valence-corrected chi connectivity index (χ1v) is 11.0. The van der Waals surface area contributed by atoms with E-state index in [2.05, 4.69) is 20.1 Å². The average molecular weight is 453 g/mol. The van der Waals surface area contributed by atoms with Gasteiger partial charge in [0.2, 0.25) is 0 Å². The van der Waals surface area contributed by atoms with E-state index in [1.54, 1.807) is 38.1 Å². The van der Waals surface area contributed by atoms with E-state index in [1.165, 1.54) is 0 Å². The van der Waals surface area contributed by atoms with E-state index in [4.69, 9.17) is 9.47 Å². The molecule has 2 aromatic carbocycles. The number of hydrogen-bond acceptors (Lipinski definition) is 6. The molecule has 0 amide bonds. The number of rotatable bonds is 11. The molecule has 2 atom stereocenters. The number of esters is 2. The zero-order valence-corrected chi connectivity index (χ0v) is 19.4. The highest BCUT2D eigenvalue weighted by Gasteiger charge is 2.22. The van der Waals surface area contributed by atoms with Gasteiger partial charge in [-0.2, -0.15) is 0 Å². The second kappa shape index (κ2) is 12.1. The van der Waals surface area contributed by atoms with Gasteiger partial charge in [0, 0.05) is 18.1 Å². The van der Waals surface area contributed by atoms with Crippen LogP contribution < -0.4 is 9.47 Å². The third-order valence-corrected chi connectivity index (χ3v) is 5.19.